The van der Waals surface area contributed by atoms with Gasteiger partial charge in [0.1, 0.15) is 5.82 Å². The fourth-order valence-electron chi connectivity index (χ4n) is 3.02. The number of rotatable bonds is 6. The van der Waals surface area contributed by atoms with Crippen molar-refractivity contribution in [2.24, 2.45) is 5.92 Å². The third-order valence-corrected chi connectivity index (χ3v) is 4.70. The number of aromatic amines is 1. The van der Waals surface area contributed by atoms with E-state index in [1.54, 1.807) is 0 Å². The maximum absolute atomic E-state index is 12.5. The highest BCUT2D eigenvalue weighted by molar-refractivity contribution is 5.79. The number of carbonyl (C=O) groups excluding carboxylic acids is 1. The topological polar surface area (TPSA) is 70.2 Å². The Morgan fingerprint density at radius 2 is 2.12 bits per heavy atom. The number of ether oxygens (including phenoxy) is 1. The lowest BCUT2D eigenvalue weighted by molar-refractivity contribution is -0.124. The molecule has 2 atom stereocenters. The van der Waals surface area contributed by atoms with Crippen molar-refractivity contribution in [2.75, 3.05) is 32.8 Å². The Bertz CT molecular complexity index is 645. The maximum atomic E-state index is 12.5. The normalized spacial score (nSPS) is 18.4. The number of nitrogens with zero attached hydrogens (tertiary/aromatic N) is 2. The summed E-state index contributed by atoms with van der Waals surface area (Å²) in [6.07, 6.45) is 0.972. The van der Waals surface area contributed by atoms with Crippen LogP contribution in [0.5, 0.6) is 0 Å². The van der Waals surface area contributed by atoms with Crippen LogP contribution in [0, 0.1) is 5.92 Å². The molecule has 2 unspecified atom stereocenters. The van der Waals surface area contributed by atoms with Gasteiger partial charge in [0.2, 0.25) is 5.91 Å². The molecule has 0 radical (unpaired) electrons. The minimum absolute atomic E-state index is 0.0441. The molecule has 0 spiro atoms. The molecule has 1 aromatic carbocycles. The average molecular weight is 330 g/mol. The van der Waals surface area contributed by atoms with Crippen molar-refractivity contribution in [3.8, 4) is 0 Å². The summed E-state index contributed by atoms with van der Waals surface area (Å²) in [6, 6.07) is 7.85. The lowest BCUT2D eigenvalue weighted by Crippen LogP contribution is -2.44. The largest absolute Gasteiger partial charge is 0.379 e. The van der Waals surface area contributed by atoms with E-state index in [1.807, 2.05) is 24.3 Å². The van der Waals surface area contributed by atoms with Gasteiger partial charge in [-0.2, -0.15) is 0 Å². The van der Waals surface area contributed by atoms with Crippen LogP contribution in [0.25, 0.3) is 11.0 Å². The van der Waals surface area contributed by atoms with Crippen LogP contribution in [-0.4, -0.2) is 53.6 Å². The summed E-state index contributed by atoms with van der Waals surface area (Å²) in [5.74, 6) is 1.18. The number of para-hydroxylation sites is 2. The highest BCUT2D eigenvalue weighted by Crippen LogP contribution is 2.24. The van der Waals surface area contributed by atoms with Gasteiger partial charge in [-0.25, -0.2) is 4.98 Å². The highest BCUT2D eigenvalue weighted by Gasteiger charge is 2.24. The van der Waals surface area contributed by atoms with Crippen molar-refractivity contribution in [3.63, 3.8) is 0 Å². The number of hydrogen-bond acceptors (Lipinski definition) is 4. The molecule has 6 nitrogen and oxygen atoms in total. The Kier molecular flexibility index (Phi) is 5.48. The first-order valence-corrected chi connectivity index (χ1v) is 8.71. The molecule has 1 aliphatic rings. The van der Waals surface area contributed by atoms with Gasteiger partial charge >= 0.3 is 0 Å². The van der Waals surface area contributed by atoms with Gasteiger partial charge in [0.25, 0.3) is 0 Å². The summed E-state index contributed by atoms with van der Waals surface area (Å²) in [7, 11) is 0. The Morgan fingerprint density at radius 3 is 2.83 bits per heavy atom. The third-order valence-electron chi connectivity index (χ3n) is 4.70. The summed E-state index contributed by atoms with van der Waals surface area (Å²) in [5, 5.41) is 3.18. The van der Waals surface area contributed by atoms with E-state index >= 15 is 0 Å². The molecule has 1 aliphatic heterocycles. The Labute approximate surface area is 142 Å². The van der Waals surface area contributed by atoms with E-state index in [-0.39, 0.29) is 11.9 Å². The second kappa shape index (κ2) is 7.77. The second-order valence-electron chi connectivity index (χ2n) is 6.46. The number of benzene rings is 1. The van der Waals surface area contributed by atoms with Crippen molar-refractivity contribution in [2.45, 2.75) is 26.3 Å². The summed E-state index contributed by atoms with van der Waals surface area (Å²) < 4.78 is 5.33. The van der Waals surface area contributed by atoms with Crippen molar-refractivity contribution in [1.29, 1.82) is 0 Å². The van der Waals surface area contributed by atoms with E-state index in [9.17, 15) is 4.79 Å². The van der Waals surface area contributed by atoms with Crippen LogP contribution in [0.4, 0.5) is 0 Å². The van der Waals surface area contributed by atoms with Gasteiger partial charge in [-0.15, -0.1) is 0 Å². The zero-order chi connectivity index (χ0) is 16.9. The van der Waals surface area contributed by atoms with E-state index < -0.39 is 0 Å². The SMILES string of the molecule is CCC(C)C(NC(=O)CN1CCOCC1)c1nc2ccccc2[nH]1. The molecule has 1 saturated heterocycles. The molecule has 1 aromatic heterocycles. The number of aromatic nitrogens is 2. The number of carbonyl (C=O) groups is 1. The number of fused-ring (bicyclic) bond motifs is 1. The number of H-pyrrole nitrogens is 1. The van der Waals surface area contributed by atoms with Crippen LogP contribution in [-0.2, 0) is 9.53 Å². The molecule has 2 N–H and O–H groups in total. The van der Waals surface area contributed by atoms with Gasteiger partial charge in [-0.1, -0.05) is 32.4 Å². The Morgan fingerprint density at radius 1 is 1.38 bits per heavy atom. The molecule has 2 heterocycles. The van der Waals surface area contributed by atoms with Crippen molar-refractivity contribution < 1.29 is 9.53 Å². The minimum Gasteiger partial charge on any atom is -0.379 e. The van der Waals surface area contributed by atoms with Crippen LogP contribution >= 0.6 is 0 Å². The third kappa shape index (κ3) is 3.94. The van der Waals surface area contributed by atoms with Gasteiger partial charge in [0.15, 0.2) is 0 Å². The summed E-state index contributed by atoms with van der Waals surface area (Å²) >= 11 is 0. The predicted octanol–water partition coefficient (Wildman–Crippen LogP) is 2.10. The predicted molar refractivity (Wildman–Crippen MR) is 93.7 cm³/mol. The molecule has 0 aliphatic carbocycles. The number of imidazole rings is 1. The monoisotopic (exact) mass is 330 g/mol. The second-order valence-corrected chi connectivity index (χ2v) is 6.46. The standard InChI is InChI=1S/C18H26N4O2/c1-3-13(2)17(18-19-14-6-4-5-7-15(14)20-18)21-16(23)12-22-8-10-24-11-9-22/h4-7,13,17H,3,8-12H2,1-2H3,(H,19,20)(H,21,23). The molecule has 130 valence electrons. The Hall–Kier alpha value is -1.92. The summed E-state index contributed by atoms with van der Waals surface area (Å²) in [5.41, 5.74) is 1.94. The fraction of sp³-hybridized carbons (Fsp3) is 0.556. The van der Waals surface area contributed by atoms with E-state index in [1.165, 1.54) is 0 Å². The number of amides is 1. The van der Waals surface area contributed by atoms with Gasteiger partial charge in [0.05, 0.1) is 36.8 Å². The first-order valence-electron chi connectivity index (χ1n) is 8.71. The van der Waals surface area contributed by atoms with Gasteiger partial charge in [0, 0.05) is 13.1 Å². The molecule has 0 bridgehead atoms. The van der Waals surface area contributed by atoms with Crippen LogP contribution in [0.1, 0.15) is 32.1 Å². The molecule has 3 rings (SSSR count). The lowest BCUT2D eigenvalue weighted by atomic mass is 9.98. The first-order chi connectivity index (χ1) is 11.7. The molecular formula is C18H26N4O2. The van der Waals surface area contributed by atoms with E-state index in [0.717, 1.165) is 36.4 Å². The van der Waals surface area contributed by atoms with E-state index in [4.69, 9.17) is 4.74 Å². The maximum Gasteiger partial charge on any atom is 0.234 e. The molecule has 1 fully saturated rings. The van der Waals surface area contributed by atoms with E-state index in [0.29, 0.717) is 25.7 Å². The van der Waals surface area contributed by atoms with Gasteiger partial charge < -0.3 is 15.0 Å². The molecule has 1 amide bonds. The number of nitrogens with one attached hydrogen (secondary N) is 2. The first kappa shape index (κ1) is 16.9. The van der Waals surface area contributed by atoms with Crippen LogP contribution in [0.2, 0.25) is 0 Å². The zero-order valence-corrected chi connectivity index (χ0v) is 14.4. The quantitative estimate of drug-likeness (QED) is 0.851. The summed E-state index contributed by atoms with van der Waals surface area (Å²) in [4.78, 5) is 22.7. The summed E-state index contributed by atoms with van der Waals surface area (Å²) in [6.45, 7) is 7.72. The van der Waals surface area contributed by atoms with Crippen LogP contribution in [0.3, 0.4) is 0 Å². The van der Waals surface area contributed by atoms with Crippen LogP contribution < -0.4 is 5.32 Å². The molecule has 2 aromatic rings. The Balaban J connectivity index is 1.72. The molecular weight excluding hydrogens is 304 g/mol. The van der Waals surface area contributed by atoms with Gasteiger partial charge in [-0.3, -0.25) is 9.69 Å². The van der Waals surface area contributed by atoms with Crippen LogP contribution in [0.15, 0.2) is 24.3 Å². The molecule has 6 heteroatoms. The highest BCUT2D eigenvalue weighted by atomic mass is 16.5. The van der Waals surface area contributed by atoms with Crippen molar-refractivity contribution >= 4 is 16.9 Å². The average Bonchev–Trinajstić information content (AvgIpc) is 3.03. The number of morpholine rings is 1. The molecule has 24 heavy (non-hydrogen) atoms. The fourth-order valence-corrected chi connectivity index (χ4v) is 3.02. The van der Waals surface area contributed by atoms with Crippen molar-refractivity contribution in [3.05, 3.63) is 30.1 Å². The van der Waals surface area contributed by atoms with E-state index in [2.05, 4.69) is 34.0 Å². The van der Waals surface area contributed by atoms with Crippen molar-refractivity contribution in [1.82, 2.24) is 20.2 Å². The zero-order valence-electron chi connectivity index (χ0n) is 14.4. The minimum atomic E-state index is -0.101. The number of hydrogen-bond donors (Lipinski definition) is 2. The molecule has 0 saturated carbocycles. The van der Waals surface area contributed by atoms with Gasteiger partial charge in [-0.05, 0) is 18.1 Å². The lowest BCUT2D eigenvalue weighted by Gasteiger charge is -2.28. The smallest absolute Gasteiger partial charge is 0.234 e.